The number of carbonyl (C=O) groups excluding carboxylic acids is 2. The van der Waals surface area contributed by atoms with Crippen molar-refractivity contribution in [2.75, 3.05) is 12.8 Å². The van der Waals surface area contributed by atoms with Crippen molar-refractivity contribution in [3.63, 3.8) is 0 Å². The predicted octanol–water partition coefficient (Wildman–Crippen LogP) is 2.62. The fraction of sp³-hybridized carbons (Fsp3) is 0.542. The molecule has 0 aliphatic heterocycles. The van der Waals surface area contributed by atoms with Crippen molar-refractivity contribution >= 4 is 21.7 Å². The van der Waals surface area contributed by atoms with Crippen LogP contribution in [0.15, 0.2) is 18.2 Å². The number of aryl methyl sites for hydroxylation is 2. The Kier molecular flexibility index (Phi) is 8.56. The zero-order valence-corrected chi connectivity index (χ0v) is 21.8. The van der Waals surface area contributed by atoms with E-state index in [1.807, 2.05) is 0 Å². The maximum absolute atomic E-state index is 15.0. The van der Waals surface area contributed by atoms with Gasteiger partial charge in [-0.05, 0) is 49.8 Å². The van der Waals surface area contributed by atoms with E-state index in [2.05, 4.69) is 10.3 Å². The summed E-state index contributed by atoms with van der Waals surface area (Å²) in [5, 5.41) is 12.8. The maximum Gasteiger partial charge on any atom is 0.389 e. The van der Waals surface area contributed by atoms with Gasteiger partial charge in [0.25, 0.3) is 11.8 Å². The van der Waals surface area contributed by atoms with Crippen LogP contribution in [0.25, 0.3) is 5.69 Å². The zero-order valence-electron chi connectivity index (χ0n) is 20.9. The van der Waals surface area contributed by atoms with Gasteiger partial charge in [-0.25, -0.2) is 17.8 Å². The zero-order chi connectivity index (χ0) is 28.5. The SMILES string of the molecule is CCc1nc(C(=O)NCC2(O)CCC(S(C)(=O)=O)CC2)c(C(N)=O)n1-c1ccc(CCC(F)(F)F)cc1F. The van der Waals surface area contributed by atoms with Crippen molar-refractivity contribution in [2.24, 2.45) is 5.73 Å². The molecule has 0 bridgehead atoms. The van der Waals surface area contributed by atoms with Crippen LogP contribution in [-0.2, 0) is 22.7 Å². The van der Waals surface area contributed by atoms with Crippen LogP contribution in [-0.4, -0.2) is 64.7 Å². The Morgan fingerprint density at radius 3 is 2.39 bits per heavy atom. The van der Waals surface area contributed by atoms with Gasteiger partial charge in [0.15, 0.2) is 5.69 Å². The molecule has 210 valence electrons. The molecule has 1 aromatic carbocycles. The van der Waals surface area contributed by atoms with Crippen molar-refractivity contribution < 1.29 is 40.7 Å². The minimum Gasteiger partial charge on any atom is -0.388 e. The van der Waals surface area contributed by atoms with Crippen LogP contribution >= 0.6 is 0 Å². The molecule has 1 aliphatic carbocycles. The molecule has 0 atom stereocenters. The molecule has 1 fully saturated rings. The van der Waals surface area contributed by atoms with Crippen molar-refractivity contribution in [3.8, 4) is 5.69 Å². The van der Waals surface area contributed by atoms with E-state index in [0.29, 0.717) is 0 Å². The molecule has 0 radical (unpaired) electrons. The second kappa shape index (κ2) is 11.0. The number of benzene rings is 1. The van der Waals surface area contributed by atoms with E-state index >= 15 is 4.39 Å². The van der Waals surface area contributed by atoms with Crippen LogP contribution in [0, 0.1) is 5.82 Å². The van der Waals surface area contributed by atoms with E-state index in [9.17, 15) is 36.3 Å². The number of rotatable bonds is 9. The number of hydrogen-bond donors (Lipinski definition) is 3. The lowest BCUT2D eigenvalue weighted by Crippen LogP contribution is -2.47. The summed E-state index contributed by atoms with van der Waals surface area (Å²) in [4.78, 5) is 29.5. The minimum atomic E-state index is -4.41. The number of amides is 2. The Hall–Kier alpha value is -3.00. The number of aliphatic hydroxyl groups is 1. The molecule has 0 saturated heterocycles. The summed E-state index contributed by atoms with van der Waals surface area (Å²) < 4.78 is 77.2. The van der Waals surface area contributed by atoms with Crippen LogP contribution in [0.2, 0.25) is 0 Å². The van der Waals surface area contributed by atoms with E-state index in [1.165, 1.54) is 12.1 Å². The van der Waals surface area contributed by atoms with Crippen LogP contribution in [0.3, 0.4) is 0 Å². The molecule has 2 amide bonds. The Bertz CT molecular complexity index is 1320. The van der Waals surface area contributed by atoms with Gasteiger partial charge < -0.3 is 16.2 Å². The van der Waals surface area contributed by atoms with Crippen LogP contribution in [0.4, 0.5) is 17.6 Å². The van der Waals surface area contributed by atoms with E-state index in [0.717, 1.165) is 16.9 Å². The summed E-state index contributed by atoms with van der Waals surface area (Å²) in [6.07, 6.45) is -3.96. The Labute approximate surface area is 217 Å². The third-order valence-electron chi connectivity index (χ3n) is 6.71. The first-order valence-corrected chi connectivity index (χ1v) is 14.0. The molecule has 38 heavy (non-hydrogen) atoms. The fourth-order valence-corrected chi connectivity index (χ4v) is 5.68. The molecular formula is C24H30F4N4O5S. The van der Waals surface area contributed by atoms with Crippen molar-refractivity contribution in [3.05, 3.63) is 46.8 Å². The summed E-state index contributed by atoms with van der Waals surface area (Å²) in [5.41, 5.74) is 3.22. The lowest BCUT2D eigenvalue weighted by molar-refractivity contribution is -0.134. The number of nitrogens with one attached hydrogen (secondary N) is 1. The first-order valence-electron chi connectivity index (χ1n) is 12.0. The van der Waals surface area contributed by atoms with Gasteiger partial charge in [-0.2, -0.15) is 13.2 Å². The molecule has 0 unspecified atom stereocenters. The second-order valence-electron chi connectivity index (χ2n) is 9.62. The molecule has 0 spiro atoms. The molecule has 1 aliphatic rings. The normalized spacial score (nSPS) is 20.3. The van der Waals surface area contributed by atoms with Gasteiger partial charge in [0.05, 0.1) is 16.5 Å². The average molecular weight is 563 g/mol. The van der Waals surface area contributed by atoms with Crippen LogP contribution < -0.4 is 11.1 Å². The summed E-state index contributed by atoms with van der Waals surface area (Å²) >= 11 is 0. The first kappa shape index (κ1) is 29.6. The Balaban J connectivity index is 1.86. The van der Waals surface area contributed by atoms with Gasteiger partial charge in [-0.3, -0.25) is 14.2 Å². The molecule has 1 aromatic heterocycles. The quantitative estimate of drug-likeness (QED) is 0.401. The molecule has 1 saturated carbocycles. The number of nitrogens with zero attached hydrogens (tertiary/aromatic N) is 2. The van der Waals surface area contributed by atoms with Crippen molar-refractivity contribution in [1.82, 2.24) is 14.9 Å². The van der Waals surface area contributed by atoms with Crippen molar-refractivity contribution in [1.29, 1.82) is 0 Å². The van der Waals surface area contributed by atoms with Crippen molar-refractivity contribution in [2.45, 2.75) is 68.9 Å². The molecule has 9 nitrogen and oxygen atoms in total. The van der Waals surface area contributed by atoms with Crippen LogP contribution in [0.5, 0.6) is 0 Å². The smallest absolute Gasteiger partial charge is 0.388 e. The number of sulfone groups is 1. The van der Waals surface area contributed by atoms with Gasteiger partial charge in [-0.15, -0.1) is 0 Å². The molecular weight excluding hydrogens is 532 g/mol. The molecule has 4 N–H and O–H groups in total. The number of aromatic nitrogens is 2. The third-order valence-corrected chi connectivity index (χ3v) is 8.39. The number of halogens is 4. The van der Waals surface area contributed by atoms with Gasteiger partial charge in [0.1, 0.15) is 27.2 Å². The van der Waals surface area contributed by atoms with Gasteiger partial charge in [0.2, 0.25) is 0 Å². The number of hydrogen-bond acceptors (Lipinski definition) is 6. The van der Waals surface area contributed by atoms with Gasteiger partial charge in [0, 0.05) is 25.6 Å². The maximum atomic E-state index is 15.0. The number of alkyl halides is 3. The highest BCUT2D eigenvalue weighted by molar-refractivity contribution is 7.91. The standard InChI is InChI=1S/C24H30F4N4O5S/c1-3-18-31-19(22(34)30-13-23(35)9-7-15(8-10-23)38(2,36)37)20(21(29)33)32(18)17-5-4-14(12-16(17)25)6-11-24(26,27)28/h4-5,12,15,35H,3,6-11,13H2,1-2H3,(H2,29,33)(H,30,34). The van der Waals surface area contributed by atoms with Gasteiger partial charge in [-0.1, -0.05) is 13.0 Å². The first-order chi connectivity index (χ1) is 17.5. The third kappa shape index (κ3) is 6.90. The molecule has 3 rings (SSSR count). The number of carbonyl (C=O) groups is 2. The average Bonchev–Trinajstić information content (AvgIpc) is 3.20. The molecule has 14 heteroatoms. The molecule has 1 heterocycles. The minimum absolute atomic E-state index is 0.0965. The predicted molar refractivity (Wildman–Crippen MR) is 130 cm³/mol. The number of imidazole rings is 1. The lowest BCUT2D eigenvalue weighted by Gasteiger charge is -2.35. The Morgan fingerprint density at radius 1 is 1.26 bits per heavy atom. The van der Waals surface area contributed by atoms with E-state index < -0.39 is 68.7 Å². The molecule has 2 aromatic rings. The topological polar surface area (TPSA) is 144 Å². The summed E-state index contributed by atoms with van der Waals surface area (Å²) in [6, 6.07) is 3.41. The number of primary amides is 1. The monoisotopic (exact) mass is 562 g/mol. The highest BCUT2D eigenvalue weighted by Gasteiger charge is 2.37. The summed E-state index contributed by atoms with van der Waals surface area (Å²) in [6.45, 7) is 1.40. The summed E-state index contributed by atoms with van der Waals surface area (Å²) in [5.74, 6) is -2.76. The van der Waals surface area contributed by atoms with Gasteiger partial charge >= 0.3 is 6.18 Å². The highest BCUT2D eigenvalue weighted by atomic mass is 32.2. The highest BCUT2D eigenvalue weighted by Crippen LogP contribution is 2.31. The Morgan fingerprint density at radius 2 is 1.89 bits per heavy atom. The van der Waals surface area contributed by atoms with Crippen LogP contribution in [0.1, 0.15) is 71.4 Å². The van der Waals surface area contributed by atoms with E-state index in [-0.39, 0.29) is 55.7 Å². The number of nitrogens with two attached hydrogens (primary N) is 1. The summed E-state index contributed by atoms with van der Waals surface area (Å²) in [7, 11) is -3.26. The largest absolute Gasteiger partial charge is 0.389 e. The lowest BCUT2D eigenvalue weighted by atomic mass is 9.84. The van der Waals surface area contributed by atoms with E-state index in [1.54, 1.807) is 6.92 Å². The second-order valence-corrected chi connectivity index (χ2v) is 11.9. The fourth-order valence-electron chi connectivity index (χ4n) is 4.58. The van der Waals surface area contributed by atoms with E-state index in [4.69, 9.17) is 5.73 Å².